The van der Waals surface area contributed by atoms with Gasteiger partial charge >= 0.3 is 5.91 Å². The Kier molecular flexibility index (Phi) is 6.05. The van der Waals surface area contributed by atoms with E-state index in [4.69, 9.17) is 14.7 Å². The maximum absolute atomic E-state index is 12.7. The molecule has 2 heterocycles. The van der Waals surface area contributed by atoms with E-state index in [-0.39, 0.29) is 23.6 Å². The summed E-state index contributed by atoms with van der Waals surface area (Å²) in [5.41, 5.74) is 1.96. The highest BCUT2D eigenvalue weighted by molar-refractivity contribution is 5.95. The van der Waals surface area contributed by atoms with Crippen LogP contribution in [0.5, 0.6) is 17.4 Å². The van der Waals surface area contributed by atoms with Crippen LogP contribution < -0.4 is 9.47 Å². The second kappa shape index (κ2) is 8.94. The number of aromatic hydroxyl groups is 1. The molecule has 0 saturated heterocycles. The topological polar surface area (TPSA) is 109 Å². The van der Waals surface area contributed by atoms with E-state index < -0.39 is 12.0 Å². The quantitative estimate of drug-likeness (QED) is 0.417. The molecule has 0 aliphatic carbocycles. The highest BCUT2D eigenvalue weighted by Gasteiger charge is 2.29. The van der Waals surface area contributed by atoms with Crippen LogP contribution in [-0.2, 0) is 16.8 Å². The molecule has 8 nitrogen and oxygen atoms in total. The van der Waals surface area contributed by atoms with Gasteiger partial charge in [-0.1, -0.05) is 45.0 Å². The molecule has 0 spiro atoms. The van der Waals surface area contributed by atoms with Gasteiger partial charge < -0.3 is 19.1 Å². The van der Waals surface area contributed by atoms with Gasteiger partial charge in [0, 0.05) is 18.4 Å². The summed E-state index contributed by atoms with van der Waals surface area (Å²) in [5.74, 6) is 0.399. The summed E-state index contributed by atoms with van der Waals surface area (Å²) >= 11 is 0. The van der Waals surface area contributed by atoms with Gasteiger partial charge in [0.25, 0.3) is 0 Å². The fraction of sp³-hybridized carbons (Fsp3) is 0.360. The average Bonchev–Trinajstić information content (AvgIpc) is 3.07. The van der Waals surface area contributed by atoms with Crippen LogP contribution in [0, 0.1) is 11.3 Å². The maximum atomic E-state index is 12.7. The van der Waals surface area contributed by atoms with E-state index in [2.05, 4.69) is 37.1 Å². The molecule has 1 aliphatic heterocycles. The molecule has 1 aromatic heterocycles. The van der Waals surface area contributed by atoms with Crippen molar-refractivity contribution in [3.63, 3.8) is 0 Å². The Hall–Kier alpha value is -3.86. The van der Waals surface area contributed by atoms with E-state index in [1.54, 1.807) is 10.6 Å². The lowest BCUT2D eigenvalue weighted by molar-refractivity contribution is -0.127. The van der Waals surface area contributed by atoms with Crippen LogP contribution in [0.15, 0.2) is 52.7 Å². The van der Waals surface area contributed by atoms with E-state index >= 15 is 0 Å². The van der Waals surface area contributed by atoms with E-state index in [0.29, 0.717) is 36.3 Å². The first-order valence-electron chi connectivity index (χ1n) is 10.9. The molecule has 2 aromatic carbocycles. The summed E-state index contributed by atoms with van der Waals surface area (Å²) in [7, 11) is 0. The predicted molar refractivity (Wildman–Crippen MR) is 123 cm³/mol. The Labute approximate surface area is 192 Å². The number of fused-ring (bicyclic) bond motifs is 2. The summed E-state index contributed by atoms with van der Waals surface area (Å²) in [6.07, 6.45) is 0.0303. The maximum Gasteiger partial charge on any atom is 0.308 e. The lowest BCUT2D eigenvalue weighted by atomic mass is 9.87. The molecule has 33 heavy (non-hydrogen) atoms. The number of carbonyl (C=O) groups excluding carboxylic acids is 1. The molecule has 1 aliphatic rings. The van der Waals surface area contributed by atoms with Crippen molar-refractivity contribution in [1.82, 2.24) is 4.57 Å². The zero-order valence-electron chi connectivity index (χ0n) is 18.9. The Morgan fingerprint density at radius 2 is 2.03 bits per heavy atom. The Bertz CT molecular complexity index is 1260. The van der Waals surface area contributed by atoms with Crippen LogP contribution in [0.3, 0.4) is 0 Å². The number of ether oxygens (including phenoxy) is 2. The highest BCUT2D eigenvalue weighted by atomic mass is 16.6. The van der Waals surface area contributed by atoms with Gasteiger partial charge in [0.2, 0.25) is 12.0 Å². The molecule has 8 heteroatoms. The molecule has 1 amide bonds. The molecular weight excluding hydrogens is 420 g/mol. The summed E-state index contributed by atoms with van der Waals surface area (Å²) in [5, 5.41) is 28.1. The number of azo groups is 1. The monoisotopic (exact) mass is 446 g/mol. The largest absolute Gasteiger partial charge is 0.493 e. The van der Waals surface area contributed by atoms with E-state index in [0.717, 1.165) is 11.1 Å². The van der Waals surface area contributed by atoms with Crippen LogP contribution in [0.25, 0.3) is 10.9 Å². The van der Waals surface area contributed by atoms with Crippen LogP contribution >= 0.6 is 0 Å². The Morgan fingerprint density at radius 3 is 2.79 bits per heavy atom. The van der Waals surface area contributed by atoms with Crippen molar-refractivity contribution in [2.24, 2.45) is 10.2 Å². The number of nitriles is 1. The third-order valence-electron chi connectivity index (χ3n) is 5.58. The minimum atomic E-state index is -0.928. The zero-order chi connectivity index (χ0) is 23.6. The summed E-state index contributed by atoms with van der Waals surface area (Å²) in [6.45, 7) is 6.77. The van der Waals surface area contributed by atoms with Crippen molar-refractivity contribution in [1.29, 1.82) is 5.26 Å². The summed E-state index contributed by atoms with van der Waals surface area (Å²) in [6, 6.07) is 15.1. The van der Waals surface area contributed by atoms with E-state index in [9.17, 15) is 9.90 Å². The van der Waals surface area contributed by atoms with Gasteiger partial charge in [-0.05, 0) is 35.6 Å². The fourth-order valence-electron chi connectivity index (χ4n) is 3.74. The normalized spacial score (nSPS) is 15.6. The molecule has 3 aromatic rings. The van der Waals surface area contributed by atoms with E-state index in [1.165, 1.54) is 0 Å². The van der Waals surface area contributed by atoms with Crippen LogP contribution in [0.2, 0.25) is 0 Å². The van der Waals surface area contributed by atoms with Gasteiger partial charge in [-0.25, -0.2) is 0 Å². The standard InChI is InChI=1S/C25H26N4O4/c1-25(2,3)16-10-11-19-20(14-16)33-21(15-32-19)23(30)28-27-22-17-8-4-5-9-18(17)29(24(22)31)13-7-6-12-26/h4-5,8-11,14,21,31H,6-7,13,15H2,1-3H3/t21-/m0/s1. The van der Waals surface area contributed by atoms with Crippen molar-refractivity contribution in [3.05, 3.63) is 48.0 Å². The SMILES string of the molecule is CC(C)(C)c1ccc2c(c1)O[C@H](C(=O)N=Nc1c(O)n(CCCC#N)c3ccccc13)CO2. The number of aromatic nitrogens is 1. The molecule has 1 N–H and O–H groups in total. The molecular formula is C25H26N4O4. The van der Waals surface area contributed by atoms with Crippen molar-refractivity contribution >= 4 is 22.5 Å². The Morgan fingerprint density at radius 1 is 1.24 bits per heavy atom. The fourth-order valence-corrected chi connectivity index (χ4v) is 3.74. The number of nitrogens with zero attached hydrogens (tertiary/aromatic N) is 4. The second-order valence-electron chi connectivity index (χ2n) is 8.97. The lowest BCUT2D eigenvalue weighted by Crippen LogP contribution is -2.35. The van der Waals surface area contributed by atoms with Crippen LogP contribution in [0.4, 0.5) is 5.69 Å². The van der Waals surface area contributed by atoms with Gasteiger partial charge in [0.15, 0.2) is 17.2 Å². The molecule has 0 fully saturated rings. The lowest BCUT2D eigenvalue weighted by Gasteiger charge is -2.27. The smallest absolute Gasteiger partial charge is 0.308 e. The van der Waals surface area contributed by atoms with Gasteiger partial charge in [0.05, 0.1) is 11.6 Å². The third kappa shape index (κ3) is 4.53. The van der Waals surface area contributed by atoms with Crippen molar-refractivity contribution in [2.75, 3.05) is 6.61 Å². The van der Waals surface area contributed by atoms with Crippen molar-refractivity contribution < 1.29 is 19.4 Å². The second-order valence-corrected chi connectivity index (χ2v) is 8.97. The molecule has 1 atom stereocenters. The highest BCUT2D eigenvalue weighted by Crippen LogP contribution is 2.39. The molecule has 0 bridgehead atoms. The number of hydrogen-bond acceptors (Lipinski definition) is 6. The number of rotatable bonds is 5. The van der Waals surface area contributed by atoms with Gasteiger partial charge in [0.1, 0.15) is 6.61 Å². The number of benzene rings is 2. The van der Waals surface area contributed by atoms with E-state index in [1.807, 2.05) is 36.4 Å². The minimum absolute atomic E-state index is 0.0294. The molecule has 0 unspecified atom stereocenters. The first-order chi connectivity index (χ1) is 15.8. The van der Waals surface area contributed by atoms with Crippen molar-refractivity contribution in [3.8, 4) is 23.4 Å². The number of unbranched alkanes of at least 4 members (excludes halogenated alkanes) is 1. The number of hydrogen-bond donors (Lipinski definition) is 1. The minimum Gasteiger partial charge on any atom is -0.493 e. The average molecular weight is 447 g/mol. The van der Waals surface area contributed by atoms with Gasteiger partial charge in [-0.15, -0.1) is 10.2 Å². The summed E-state index contributed by atoms with van der Waals surface area (Å²) in [4.78, 5) is 12.7. The molecule has 0 radical (unpaired) electrons. The van der Waals surface area contributed by atoms with Crippen LogP contribution in [-0.4, -0.2) is 28.3 Å². The first-order valence-corrected chi connectivity index (χ1v) is 10.9. The van der Waals surface area contributed by atoms with Gasteiger partial charge in [-0.2, -0.15) is 5.26 Å². The summed E-state index contributed by atoms with van der Waals surface area (Å²) < 4.78 is 13.3. The first kappa shape index (κ1) is 22.3. The Balaban J connectivity index is 1.56. The van der Waals surface area contributed by atoms with Crippen LogP contribution in [0.1, 0.15) is 39.2 Å². The van der Waals surface area contributed by atoms with Crippen molar-refractivity contribution in [2.45, 2.75) is 51.7 Å². The van der Waals surface area contributed by atoms with Gasteiger partial charge in [-0.3, -0.25) is 4.79 Å². The number of amides is 1. The number of para-hydroxylation sites is 1. The molecule has 0 saturated carbocycles. The number of carbonyl (C=O) groups is 1. The third-order valence-corrected chi connectivity index (χ3v) is 5.58. The molecule has 4 rings (SSSR count). The predicted octanol–water partition coefficient (Wildman–Crippen LogP) is 5.40. The zero-order valence-corrected chi connectivity index (χ0v) is 18.9. The number of aryl methyl sites for hydroxylation is 1. The molecule has 170 valence electrons.